The smallest absolute Gasteiger partial charge is 0.204 e. The lowest BCUT2D eigenvalue weighted by atomic mass is 9.87. The molecule has 0 aliphatic carbocycles. The Labute approximate surface area is 152 Å². The highest BCUT2D eigenvalue weighted by Gasteiger charge is 2.13. The molecule has 0 spiro atoms. The van der Waals surface area contributed by atoms with Gasteiger partial charge in [-0.05, 0) is 52.6 Å². The van der Waals surface area contributed by atoms with Crippen LogP contribution in [0.15, 0.2) is 48.5 Å². The monoisotopic (exact) mass is 356 g/mol. The van der Waals surface area contributed by atoms with Crippen LogP contribution in [0.25, 0.3) is 11.4 Å². The molecule has 5 nitrogen and oxygen atoms in total. The first-order valence-electron chi connectivity index (χ1n) is 8.19. The molecule has 25 heavy (non-hydrogen) atoms. The minimum atomic E-state index is 0.140. The molecule has 0 saturated heterocycles. The maximum Gasteiger partial charge on any atom is 0.204 e. The zero-order valence-electron chi connectivity index (χ0n) is 14.6. The second kappa shape index (κ2) is 7.23. The summed E-state index contributed by atoms with van der Waals surface area (Å²) in [6, 6.07) is 15.5. The minimum absolute atomic E-state index is 0.140. The molecule has 130 valence electrons. The van der Waals surface area contributed by atoms with Gasteiger partial charge in [-0.1, -0.05) is 44.5 Å². The van der Waals surface area contributed by atoms with Crippen LogP contribution >= 0.6 is 11.6 Å². The average molecular weight is 357 g/mol. The van der Waals surface area contributed by atoms with Crippen LogP contribution in [0.4, 0.5) is 0 Å². The van der Waals surface area contributed by atoms with Crippen molar-refractivity contribution in [2.45, 2.75) is 32.7 Å². The molecule has 2 aromatic carbocycles. The summed E-state index contributed by atoms with van der Waals surface area (Å²) in [5.74, 6) is 1.41. The third-order valence-electron chi connectivity index (χ3n) is 3.84. The van der Waals surface area contributed by atoms with E-state index < -0.39 is 0 Å². The van der Waals surface area contributed by atoms with Crippen LogP contribution in [-0.2, 0) is 12.0 Å². The van der Waals surface area contributed by atoms with Crippen molar-refractivity contribution in [3.8, 4) is 17.1 Å². The minimum Gasteiger partial charge on any atom is -0.492 e. The Balaban J connectivity index is 1.55. The molecule has 1 aromatic heterocycles. The van der Waals surface area contributed by atoms with Gasteiger partial charge in [0.15, 0.2) is 0 Å². The summed E-state index contributed by atoms with van der Waals surface area (Å²) < 4.78 is 5.76. The molecule has 0 atom stereocenters. The number of aromatic nitrogens is 4. The molecule has 0 radical (unpaired) electrons. The largest absolute Gasteiger partial charge is 0.492 e. The Hall–Kier alpha value is -2.40. The molecule has 0 aliphatic heterocycles. The van der Waals surface area contributed by atoms with Gasteiger partial charge in [-0.15, -0.1) is 10.2 Å². The second-order valence-electron chi connectivity index (χ2n) is 6.84. The van der Waals surface area contributed by atoms with E-state index in [2.05, 4.69) is 48.3 Å². The molecule has 0 saturated carbocycles. The van der Waals surface area contributed by atoms with Crippen molar-refractivity contribution in [2.75, 3.05) is 6.61 Å². The molecule has 0 aliphatic rings. The third-order valence-corrected chi connectivity index (χ3v) is 4.09. The molecule has 0 N–H and O–H groups in total. The zero-order chi connectivity index (χ0) is 17.9. The highest BCUT2D eigenvalue weighted by Crippen LogP contribution is 2.24. The van der Waals surface area contributed by atoms with Gasteiger partial charge in [0.05, 0.1) is 6.54 Å². The molecule has 0 fully saturated rings. The topological polar surface area (TPSA) is 52.8 Å². The maximum absolute atomic E-state index is 5.89. The van der Waals surface area contributed by atoms with E-state index in [1.807, 2.05) is 36.4 Å². The third kappa shape index (κ3) is 4.57. The van der Waals surface area contributed by atoms with Crippen molar-refractivity contribution >= 4 is 11.6 Å². The quantitative estimate of drug-likeness (QED) is 0.681. The zero-order valence-corrected chi connectivity index (χ0v) is 15.4. The summed E-state index contributed by atoms with van der Waals surface area (Å²) in [5, 5.41) is 13.2. The highest BCUT2D eigenvalue weighted by atomic mass is 35.5. The van der Waals surface area contributed by atoms with Crippen molar-refractivity contribution in [3.05, 3.63) is 59.1 Å². The van der Waals surface area contributed by atoms with Gasteiger partial charge in [0.25, 0.3) is 0 Å². The van der Waals surface area contributed by atoms with E-state index in [9.17, 15) is 0 Å². The number of hydrogen-bond donors (Lipinski definition) is 0. The van der Waals surface area contributed by atoms with Crippen molar-refractivity contribution in [3.63, 3.8) is 0 Å². The standard InChI is InChI=1S/C19H21ClN4O/c1-19(2,3)15-6-10-17(11-7-15)25-13-12-24-22-18(21-23-24)14-4-8-16(20)9-5-14/h4-11H,12-13H2,1-3H3. The van der Waals surface area contributed by atoms with Crippen molar-refractivity contribution in [1.29, 1.82) is 0 Å². The molecular weight excluding hydrogens is 336 g/mol. The van der Waals surface area contributed by atoms with Crippen LogP contribution in [0.1, 0.15) is 26.3 Å². The van der Waals surface area contributed by atoms with Gasteiger partial charge in [0.1, 0.15) is 12.4 Å². The lowest BCUT2D eigenvalue weighted by Gasteiger charge is -2.19. The summed E-state index contributed by atoms with van der Waals surface area (Å²) in [6.45, 7) is 7.58. The van der Waals surface area contributed by atoms with Gasteiger partial charge in [0, 0.05) is 10.6 Å². The van der Waals surface area contributed by atoms with Gasteiger partial charge in [-0.2, -0.15) is 4.80 Å². The molecule has 0 amide bonds. The molecule has 6 heteroatoms. The lowest BCUT2D eigenvalue weighted by Crippen LogP contribution is -2.12. The normalized spacial score (nSPS) is 11.5. The van der Waals surface area contributed by atoms with E-state index in [0.717, 1.165) is 11.3 Å². The molecule has 0 unspecified atom stereocenters. The Morgan fingerprint density at radius 1 is 1.00 bits per heavy atom. The number of benzene rings is 2. The summed E-state index contributed by atoms with van der Waals surface area (Å²) in [5.41, 5.74) is 2.31. The van der Waals surface area contributed by atoms with Gasteiger partial charge in [-0.25, -0.2) is 0 Å². The van der Waals surface area contributed by atoms with Gasteiger partial charge in [-0.3, -0.25) is 0 Å². The lowest BCUT2D eigenvalue weighted by molar-refractivity contribution is 0.280. The first-order chi connectivity index (χ1) is 11.9. The fourth-order valence-electron chi connectivity index (χ4n) is 2.35. The van der Waals surface area contributed by atoms with E-state index >= 15 is 0 Å². The van der Waals surface area contributed by atoms with Crippen LogP contribution in [-0.4, -0.2) is 26.8 Å². The Kier molecular flexibility index (Phi) is 5.04. The highest BCUT2D eigenvalue weighted by molar-refractivity contribution is 6.30. The van der Waals surface area contributed by atoms with E-state index in [1.54, 1.807) is 0 Å². The second-order valence-corrected chi connectivity index (χ2v) is 7.28. The van der Waals surface area contributed by atoms with Gasteiger partial charge in [0.2, 0.25) is 5.82 Å². The predicted molar refractivity (Wildman–Crippen MR) is 98.9 cm³/mol. The van der Waals surface area contributed by atoms with Gasteiger partial charge >= 0.3 is 0 Å². The predicted octanol–water partition coefficient (Wildman–Crippen LogP) is 4.37. The van der Waals surface area contributed by atoms with Gasteiger partial charge < -0.3 is 4.74 Å². The summed E-state index contributed by atoms with van der Waals surface area (Å²) >= 11 is 5.89. The fraction of sp³-hybridized carbons (Fsp3) is 0.316. The van der Waals surface area contributed by atoms with Crippen LogP contribution in [0.5, 0.6) is 5.75 Å². The number of nitrogens with zero attached hydrogens (tertiary/aromatic N) is 4. The van der Waals surface area contributed by atoms with Crippen molar-refractivity contribution in [1.82, 2.24) is 20.2 Å². The van der Waals surface area contributed by atoms with E-state index in [-0.39, 0.29) is 5.41 Å². The number of hydrogen-bond acceptors (Lipinski definition) is 4. The molecule has 1 heterocycles. The fourth-order valence-corrected chi connectivity index (χ4v) is 2.47. The maximum atomic E-state index is 5.89. The number of rotatable bonds is 5. The summed E-state index contributed by atoms with van der Waals surface area (Å²) in [4.78, 5) is 1.54. The SMILES string of the molecule is CC(C)(C)c1ccc(OCCn2nnc(-c3ccc(Cl)cc3)n2)cc1. The number of ether oxygens (including phenoxy) is 1. The van der Waals surface area contributed by atoms with Crippen LogP contribution in [0, 0.1) is 0 Å². The van der Waals surface area contributed by atoms with Crippen molar-refractivity contribution < 1.29 is 4.74 Å². The summed E-state index contributed by atoms with van der Waals surface area (Å²) in [6.07, 6.45) is 0. The van der Waals surface area contributed by atoms with E-state index in [1.165, 1.54) is 10.4 Å². The molecule has 3 aromatic rings. The summed E-state index contributed by atoms with van der Waals surface area (Å²) in [7, 11) is 0. The van der Waals surface area contributed by atoms with Crippen LogP contribution in [0.3, 0.4) is 0 Å². The average Bonchev–Trinajstić information content (AvgIpc) is 3.04. The first kappa shape index (κ1) is 17.4. The van der Waals surface area contributed by atoms with Crippen LogP contribution < -0.4 is 4.74 Å². The number of tetrazole rings is 1. The molecular formula is C19H21ClN4O. The molecule has 3 rings (SSSR count). The first-order valence-corrected chi connectivity index (χ1v) is 8.57. The Morgan fingerprint density at radius 2 is 1.68 bits per heavy atom. The Morgan fingerprint density at radius 3 is 2.32 bits per heavy atom. The Bertz CT molecular complexity index is 820. The number of halogens is 1. The van der Waals surface area contributed by atoms with Crippen LogP contribution in [0.2, 0.25) is 5.02 Å². The van der Waals surface area contributed by atoms with Crippen molar-refractivity contribution in [2.24, 2.45) is 0 Å². The van der Waals surface area contributed by atoms with E-state index in [4.69, 9.17) is 16.3 Å². The molecule has 0 bridgehead atoms. The van der Waals surface area contributed by atoms with E-state index in [0.29, 0.717) is 24.0 Å².